The lowest BCUT2D eigenvalue weighted by Crippen LogP contribution is -2.30. The highest BCUT2D eigenvalue weighted by molar-refractivity contribution is 14.0. The molecule has 1 aromatic carbocycles. The number of anilines is 1. The summed E-state index contributed by atoms with van der Waals surface area (Å²) >= 11 is 0. The van der Waals surface area contributed by atoms with E-state index in [-0.39, 0.29) is 24.0 Å². The van der Waals surface area contributed by atoms with Gasteiger partial charge in [0.15, 0.2) is 17.5 Å². The van der Waals surface area contributed by atoms with Gasteiger partial charge in [0, 0.05) is 36.8 Å². The number of nitrogens with zero attached hydrogens (tertiary/aromatic N) is 3. The molecule has 2 N–H and O–H groups in total. The van der Waals surface area contributed by atoms with E-state index < -0.39 is 0 Å². The number of imidazole rings is 1. The van der Waals surface area contributed by atoms with E-state index in [1.54, 1.807) is 28.4 Å². The number of fused-ring (bicyclic) bond motifs is 1. The van der Waals surface area contributed by atoms with Gasteiger partial charge in [0.1, 0.15) is 5.65 Å². The largest absolute Gasteiger partial charge is 0.493 e. The van der Waals surface area contributed by atoms with Crippen molar-refractivity contribution < 1.29 is 14.2 Å². The second-order valence-electron chi connectivity index (χ2n) is 6.09. The average molecular weight is 511 g/mol. The maximum absolute atomic E-state index is 5.39. The number of guanidine groups is 1. The summed E-state index contributed by atoms with van der Waals surface area (Å²) in [6.45, 7) is 2.59. The number of benzene rings is 1. The van der Waals surface area contributed by atoms with Gasteiger partial charge in [0.2, 0.25) is 5.75 Å². The molecule has 8 nitrogen and oxygen atoms in total. The molecule has 0 saturated carbocycles. The Morgan fingerprint density at radius 1 is 1.10 bits per heavy atom. The van der Waals surface area contributed by atoms with Crippen molar-refractivity contribution in [1.82, 2.24) is 14.7 Å². The molecule has 9 heteroatoms. The Labute approximate surface area is 187 Å². The monoisotopic (exact) mass is 511 g/mol. The Morgan fingerprint density at radius 2 is 1.79 bits per heavy atom. The minimum absolute atomic E-state index is 0. The number of halogens is 1. The zero-order valence-electron chi connectivity index (χ0n) is 17.1. The Kier molecular flexibility index (Phi) is 7.94. The zero-order chi connectivity index (χ0) is 20.1. The smallest absolute Gasteiger partial charge is 0.203 e. The highest BCUT2D eigenvalue weighted by atomic mass is 127. The van der Waals surface area contributed by atoms with Gasteiger partial charge in [-0.05, 0) is 19.1 Å². The van der Waals surface area contributed by atoms with E-state index >= 15 is 0 Å². The van der Waals surface area contributed by atoms with Crippen LogP contribution >= 0.6 is 24.0 Å². The topological polar surface area (TPSA) is 81.4 Å². The first kappa shape index (κ1) is 22.6. The van der Waals surface area contributed by atoms with Crippen LogP contribution < -0.4 is 24.8 Å². The van der Waals surface area contributed by atoms with Crippen molar-refractivity contribution in [1.29, 1.82) is 0 Å². The first-order chi connectivity index (χ1) is 13.6. The summed E-state index contributed by atoms with van der Waals surface area (Å²) in [5.41, 5.74) is 3.73. The summed E-state index contributed by atoms with van der Waals surface area (Å²) in [5.74, 6) is 2.27. The van der Waals surface area contributed by atoms with Crippen LogP contribution in [0.2, 0.25) is 0 Å². The van der Waals surface area contributed by atoms with Gasteiger partial charge in [-0.2, -0.15) is 0 Å². The van der Waals surface area contributed by atoms with E-state index in [1.807, 2.05) is 30.5 Å². The van der Waals surface area contributed by atoms with Crippen LogP contribution in [0.25, 0.3) is 5.65 Å². The molecule has 0 aliphatic rings. The SMILES string of the molecule is CN=C(NCc1cn2c(C)cccc2n1)Nc1cc(OC)c(OC)c(OC)c1.I. The fourth-order valence-corrected chi connectivity index (χ4v) is 2.93. The number of hydrogen-bond acceptors (Lipinski definition) is 5. The fourth-order valence-electron chi connectivity index (χ4n) is 2.93. The quantitative estimate of drug-likeness (QED) is 0.300. The van der Waals surface area contributed by atoms with E-state index in [2.05, 4.69) is 38.0 Å². The van der Waals surface area contributed by atoms with Crippen LogP contribution in [0.4, 0.5) is 5.69 Å². The lowest BCUT2D eigenvalue weighted by atomic mass is 10.2. The molecule has 0 atom stereocenters. The lowest BCUT2D eigenvalue weighted by Gasteiger charge is -2.16. The van der Waals surface area contributed by atoms with Crippen molar-refractivity contribution in [3.05, 3.63) is 47.9 Å². The van der Waals surface area contributed by atoms with Gasteiger partial charge >= 0.3 is 0 Å². The predicted molar refractivity (Wildman–Crippen MR) is 125 cm³/mol. The Morgan fingerprint density at radius 3 is 2.34 bits per heavy atom. The zero-order valence-corrected chi connectivity index (χ0v) is 19.5. The van der Waals surface area contributed by atoms with Crippen LogP contribution in [-0.4, -0.2) is 43.7 Å². The van der Waals surface area contributed by atoms with Gasteiger partial charge in [-0.25, -0.2) is 4.98 Å². The molecule has 29 heavy (non-hydrogen) atoms. The van der Waals surface area contributed by atoms with Gasteiger partial charge in [0.05, 0.1) is 33.6 Å². The molecule has 0 aliphatic carbocycles. The van der Waals surface area contributed by atoms with Gasteiger partial charge in [-0.1, -0.05) is 6.07 Å². The van der Waals surface area contributed by atoms with Crippen LogP contribution in [0.5, 0.6) is 17.2 Å². The van der Waals surface area contributed by atoms with Crippen LogP contribution in [0, 0.1) is 6.92 Å². The number of pyridine rings is 1. The predicted octanol–water partition coefficient (Wildman–Crippen LogP) is 3.47. The molecule has 156 valence electrons. The van der Waals surface area contributed by atoms with E-state index in [1.165, 1.54) is 0 Å². The summed E-state index contributed by atoms with van der Waals surface area (Å²) in [7, 11) is 6.45. The molecule has 3 aromatic rings. The lowest BCUT2D eigenvalue weighted by molar-refractivity contribution is 0.324. The fraction of sp³-hybridized carbons (Fsp3) is 0.300. The molecular weight excluding hydrogens is 485 g/mol. The third-order valence-corrected chi connectivity index (χ3v) is 4.33. The number of aryl methyl sites for hydroxylation is 1. The summed E-state index contributed by atoms with van der Waals surface area (Å²) in [6, 6.07) is 9.68. The van der Waals surface area contributed by atoms with Crippen LogP contribution in [0.3, 0.4) is 0 Å². The van der Waals surface area contributed by atoms with Crippen LogP contribution in [0.1, 0.15) is 11.4 Å². The molecule has 0 saturated heterocycles. The van der Waals surface area contributed by atoms with Crippen molar-refractivity contribution in [3.8, 4) is 17.2 Å². The standard InChI is InChI=1S/C20H25N5O3.HI/c1-13-7-6-8-18-23-15(12-25(13)18)11-22-20(21-2)24-14-9-16(26-3)19(28-5)17(10-14)27-4;/h6-10,12H,11H2,1-5H3,(H2,21,22,24);1H. The first-order valence-corrected chi connectivity index (χ1v) is 8.81. The first-order valence-electron chi connectivity index (χ1n) is 8.81. The number of methoxy groups -OCH3 is 3. The second-order valence-corrected chi connectivity index (χ2v) is 6.09. The van der Waals surface area contributed by atoms with Gasteiger partial charge in [0.25, 0.3) is 0 Å². The van der Waals surface area contributed by atoms with Gasteiger partial charge in [-0.3, -0.25) is 4.99 Å². The Balaban J connectivity index is 0.00000300. The number of hydrogen-bond donors (Lipinski definition) is 2. The van der Waals surface area contributed by atoms with Crippen molar-refractivity contribution in [2.24, 2.45) is 4.99 Å². The van der Waals surface area contributed by atoms with Gasteiger partial charge in [-0.15, -0.1) is 24.0 Å². The third-order valence-electron chi connectivity index (χ3n) is 4.33. The normalized spacial score (nSPS) is 11.0. The highest BCUT2D eigenvalue weighted by Crippen LogP contribution is 2.39. The van der Waals surface area contributed by atoms with Crippen molar-refractivity contribution >= 4 is 41.3 Å². The average Bonchev–Trinajstić information content (AvgIpc) is 3.14. The van der Waals surface area contributed by atoms with Crippen molar-refractivity contribution in [2.45, 2.75) is 13.5 Å². The Hall–Kier alpha value is -2.69. The number of aliphatic imine (C=N–C) groups is 1. The minimum Gasteiger partial charge on any atom is -0.493 e. The molecule has 0 fully saturated rings. The molecule has 0 aliphatic heterocycles. The maximum Gasteiger partial charge on any atom is 0.203 e. The van der Waals surface area contributed by atoms with E-state index in [4.69, 9.17) is 14.2 Å². The number of aromatic nitrogens is 2. The maximum atomic E-state index is 5.39. The summed E-state index contributed by atoms with van der Waals surface area (Å²) < 4.78 is 18.2. The number of ether oxygens (including phenoxy) is 3. The molecule has 0 bridgehead atoms. The minimum atomic E-state index is 0. The summed E-state index contributed by atoms with van der Waals surface area (Å²) in [4.78, 5) is 8.90. The molecule has 0 unspecified atom stereocenters. The molecule has 0 spiro atoms. The molecule has 2 aromatic heterocycles. The molecular formula is C20H26IN5O3. The summed E-state index contributed by atoms with van der Waals surface area (Å²) in [6.07, 6.45) is 2.02. The number of nitrogens with one attached hydrogen (secondary N) is 2. The second kappa shape index (κ2) is 10.2. The van der Waals surface area contributed by atoms with Crippen molar-refractivity contribution in [3.63, 3.8) is 0 Å². The van der Waals surface area contributed by atoms with E-state index in [0.29, 0.717) is 29.8 Å². The van der Waals surface area contributed by atoms with Crippen molar-refractivity contribution in [2.75, 3.05) is 33.7 Å². The third kappa shape index (κ3) is 5.03. The van der Waals surface area contributed by atoms with Crippen LogP contribution in [0.15, 0.2) is 41.5 Å². The molecule has 2 heterocycles. The molecule has 0 amide bonds. The molecule has 0 radical (unpaired) electrons. The summed E-state index contributed by atoms with van der Waals surface area (Å²) in [5, 5.41) is 6.50. The number of rotatable bonds is 6. The van der Waals surface area contributed by atoms with E-state index in [9.17, 15) is 0 Å². The van der Waals surface area contributed by atoms with Gasteiger partial charge < -0.3 is 29.2 Å². The molecule has 3 rings (SSSR count). The van der Waals surface area contributed by atoms with E-state index in [0.717, 1.165) is 22.7 Å². The highest BCUT2D eigenvalue weighted by Gasteiger charge is 2.14. The Bertz CT molecular complexity index is 978. The van der Waals surface area contributed by atoms with Crippen LogP contribution in [-0.2, 0) is 6.54 Å².